The molecule has 0 amide bonds. The topological polar surface area (TPSA) is 42.4 Å². The molecule has 2 aliphatic heterocycles. The van der Waals surface area contributed by atoms with Crippen molar-refractivity contribution >= 4 is 10.9 Å². The summed E-state index contributed by atoms with van der Waals surface area (Å²) in [6.07, 6.45) is 4.39. The molecule has 2 aromatic carbocycles. The molecule has 194 valence electrons. The molecule has 3 fully saturated rings. The van der Waals surface area contributed by atoms with E-state index in [0.717, 1.165) is 6.42 Å². The van der Waals surface area contributed by atoms with Gasteiger partial charge < -0.3 is 14.3 Å². The minimum Gasteiger partial charge on any atom is -0.497 e. The summed E-state index contributed by atoms with van der Waals surface area (Å²) in [4.78, 5) is 4.37. The number of halogens is 5. The van der Waals surface area contributed by atoms with Gasteiger partial charge in [-0.2, -0.15) is 0 Å². The van der Waals surface area contributed by atoms with Gasteiger partial charge in [-0.25, -0.2) is 22.0 Å². The number of quaternary nitrogens is 1. The number of methoxy groups -OCH3 is 1. The van der Waals surface area contributed by atoms with E-state index in [2.05, 4.69) is 11.6 Å². The van der Waals surface area contributed by atoms with Crippen LogP contribution in [0.3, 0.4) is 0 Å². The Morgan fingerprint density at radius 3 is 2.46 bits per heavy atom. The highest BCUT2D eigenvalue weighted by Gasteiger charge is 2.78. The standard InChI is InChI=1S/C28H26F5N2O2/c1-3-14-12-28-7-9-35(28,13-18-22(29)24(31)26(33)25(32)23(18)30)21(11-19(14)28)27(36)16-6-8-34-20-5-4-15(37-2)10-17(16)20/h3-6,8,10,14,19,21,27,36H,1,7,9,11-13H2,2H3/q+1/t14?,19?,21-,27+,28?,35?/m0/s1. The molecule has 4 unspecified atom stereocenters. The second-order valence-corrected chi connectivity index (χ2v) is 10.6. The first kappa shape index (κ1) is 24.3. The van der Waals surface area contributed by atoms with Crippen LogP contribution < -0.4 is 4.74 Å². The molecule has 3 heterocycles. The minimum atomic E-state index is -2.17. The van der Waals surface area contributed by atoms with Gasteiger partial charge >= 0.3 is 0 Å². The zero-order valence-electron chi connectivity index (χ0n) is 20.2. The lowest BCUT2D eigenvalue weighted by Crippen LogP contribution is -2.79. The van der Waals surface area contributed by atoms with Gasteiger partial charge in [0.1, 0.15) is 30.0 Å². The molecular formula is C28H26F5N2O2+. The third-order valence-corrected chi connectivity index (χ3v) is 9.47. The van der Waals surface area contributed by atoms with E-state index >= 15 is 0 Å². The van der Waals surface area contributed by atoms with Crippen molar-refractivity contribution in [2.75, 3.05) is 13.7 Å². The molecule has 37 heavy (non-hydrogen) atoms. The fourth-order valence-electron chi connectivity index (χ4n) is 7.59. The predicted molar refractivity (Wildman–Crippen MR) is 126 cm³/mol. The number of benzene rings is 2. The van der Waals surface area contributed by atoms with Crippen LogP contribution in [-0.4, -0.2) is 39.8 Å². The maximum Gasteiger partial charge on any atom is 0.200 e. The smallest absolute Gasteiger partial charge is 0.200 e. The van der Waals surface area contributed by atoms with Crippen LogP contribution in [0.1, 0.15) is 36.5 Å². The lowest BCUT2D eigenvalue weighted by Gasteiger charge is -2.67. The molecule has 0 bridgehead atoms. The summed E-state index contributed by atoms with van der Waals surface area (Å²) in [6.45, 7) is 4.00. The Labute approximate surface area is 210 Å². The predicted octanol–water partition coefficient (Wildman–Crippen LogP) is 5.73. The van der Waals surface area contributed by atoms with E-state index in [0.29, 0.717) is 41.6 Å². The summed E-state index contributed by atoms with van der Waals surface area (Å²) >= 11 is 0. The molecular weight excluding hydrogens is 491 g/mol. The van der Waals surface area contributed by atoms with E-state index in [-0.39, 0.29) is 22.9 Å². The number of rotatable bonds is 6. The minimum absolute atomic E-state index is 0.0787. The molecule has 4 nitrogen and oxygen atoms in total. The van der Waals surface area contributed by atoms with E-state index in [1.807, 2.05) is 6.08 Å². The molecule has 1 aromatic heterocycles. The van der Waals surface area contributed by atoms with Crippen molar-refractivity contribution in [1.82, 2.24) is 4.98 Å². The Kier molecular flexibility index (Phi) is 5.41. The van der Waals surface area contributed by atoms with Crippen LogP contribution >= 0.6 is 0 Å². The van der Waals surface area contributed by atoms with Crippen LogP contribution in [0.25, 0.3) is 10.9 Å². The second kappa shape index (κ2) is 8.23. The zero-order valence-corrected chi connectivity index (χ0v) is 20.2. The number of aromatic nitrogens is 1. The third kappa shape index (κ3) is 3.04. The Hall–Kier alpha value is -3.04. The molecule has 1 spiro atoms. The quantitative estimate of drug-likeness (QED) is 0.149. The maximum atomic E-state index is 14.9. The Morgan fingerprint density at radius 1 is 1.14 bits per heavy atom. The number of allylic oxidation sites excluding steroid dienone is 1. The number of fused-ring (bicyclic) bond motifs is 1. The lowest BCUT2D eigenvalue weighted by molar-refractivity contribution is -1.05. The summed E-state index contributed by atoms with van der Waals surface area (Å²) in [5.41, 5.74) is 0.0106. The largest absolute Gasteiger partial charge is 0.497 e. The van der Waals surface area contributed by atoms with Gasteiger partial charge in [0.05, 0.1) is 31.2 Å². The van der Waals surface area contributed by atoms with E-state index in [9.17, 15) is 27.1 Å². The van der Waals surface area contributed by atoms with Gasteiger partial charge in [-0.3, -0.25) is 4.98 Å². The SMILES string of the molecule is C=CC1CC23CC[N+]2(Cc2c(F)c(F)c(F)c(F)c2F)[C@H]([C@H](O)c2ccnc4ccc(OC)cc24)CC13. The number of hydrogen-bond donors (Lipinski definition) is 1. The Bertz CT molecular complexity index is 1420. The van der Waals surface area contributed by atoms with E-state index < -0.39 is 52.3 Å². The van der Waals surface area contributed by atoms with Gasteiger partial charge in [-0.15, -0.1) is 6.58 Å². The number of hydrogen-bond acceptors (Lipinski definition) is 3. The van der Waals surface area contributed by atoms with Crippen LogP contribution in [0.4, 0.5) is 22.0 Å². The number of nitrogens with zero attached hydrogens (tertiary/aromatic N) is 2. The van der Waals surface area contributed by atoms with E-state index in [1.54, 1.807) is 30.5 Å². The van der Waals surface area contributed by atoms with Crippen molar-refractivity contribution in [1.29, 1.82) is 0 Å². The van der Waals surface area contributed by atoms with E-state index in [1.165, 1.54) is 7.11 Å². The molecule has 1 aliphatic carbocycles. The average molecular weight is 518 g/mol. The first-order valence-corrected chi connectivity index (χ1v) is 12.3. The van der Waals surface area contributed by atoms with Crippen molar-refractivity contribution < 1.29 is 36.3 Å². The zero-order chi connectivity index (χ0) is 26.3. The van der Waals surface area contributed by atoms with Crippen LogP contribution in [0.15, 0.2) is 43.1 Å². The molecule has 6 rings (SSSR count). The highest BCUT2D eigenvalue weighted by atomic mass is 19.2. The summed E-state index contributed by atoms with van der Waals surface area (Å²) in [5, 5.41) is 12.5. The lowest BCUT2D eigenvalue weighted by atomic mass is 9.54. The first-order chi connectivity index (χ1) is 17.7. The molecule has 1 saturated carbocycles. The van der Waals surface area contributed by atoms with Crippen LogP contribution in [0.5, 0.6) is 5.75 Å². The normalized spacial score (nSPS) is 30.7. The summed E-state index contributed by atoms with van der Waals surface area (Å²) in [6, 6.07) is 6.50. The fraction of sp³-hybridized carbons (Fsp3) is 0.393. The molecule has 6 atom stereocenters. The molecule has 9 heteroatoms. The Morgan fingerprint density at radius 2 is 1.84 bits per heavy atom. The van der Waals surface area contributed by atoms with Crippen molar-refractivity contribution in [2.24, 2.45) is 11.8 Å². The van der Waals surface area contributed by atoms with Gasteiger partial charge in [0, 0.05) is 30.3 Å². The van der Waals surface area contributed by atoms with Crippen molar-refractivity contribution in [3.8, 4) is 5.75 Å². The molecule has 3 aliphatic rings. The molecule has 2 saturated heterocycles. The van der Waals surface area contributed by atoms with Crippen LogP contribution in [-0.2, 0) is 6.54 Å². The highest BCUT2D eigenvalue weighted by Crippen LogP contribution is 2.69. The van der Waals surface area contributed by atoms with Gasteiger partial charge in [-0.05, 0) is 35.7 Å². The first-order valence-electron chi connectivity index (χ1n) is 12.3. The van der Waals surface area contributed by atoms with Crippen molar-refractivity contribution in [2.45, 2.75) is 43.5 Å². The van der Waals surface area contributed by atoms with Crippen molar-refractivity contribution in [3.05, 3.63) is 83.3 Å². The van der Waals surface area contributed by atoms with Gasteiger partial charge in [0.15, 0.2) is 23.3 Å². The average Bonchev–Trinajstić information content (AvgIpc) is 3.03. The molecule has 1 N–H and O–H groups in total. The number of pyridine rings is 1. The van der Waals surface area contributed by atoms with E-state index in [4.69, 9.17) is 4.74 Å². The molecule has 0 radical (unpaired) electrons. The summed E-state index contributed by atoms with van der Waals surface area (Å²) in [5.74, 6) is -8.82. The number of aliphatic hydroxyl groups excluding tert-OH is 1. The van der Waals surface area contributed by atoms with Gasteiger partial charge in [0.2, 0.25) is 5.82 Å². The fourth-order valence-corrected chi connectivity index (χ4v) is 7.59. The maximum absolute atomic E-state index is 14.9. The monoisotopic (exact) mass is 517 g/mol. The molecule has 3 aromatic rings. The second-order valence-electron chi connectivity index (χ2n) is 10.6. The van der Waals surface area contributed by atoms with Crippen molar-refractivity contribution in [3.63, 3.8) is 0 Å². The highest BCUT2D eigenvalue weighted by molar-refractivity contribution is 5.84. The third-order valence-electron chi connectivity index (χ3n) is 9.47. The number of ether oxygens (including phenoxy) is 1. The summed E-state index contributed by atoms with van der Waals surface area (Å²) < 4.78 is 77.2. The Balaban J connectivity index is 1.48. The van der Waals surface area contributed by atoms with Crippen LogP contribution in [0.2, 0.25) is 0 Å². The summed E-state index contributed by atoms with van der Waals surface area (Å²) in [7, 11) is 1.53. The number of aliphatic hydroxyl groups is 1. The van der Waals surface area contributed by atoms with Crippen LogP contribution in [0, 0.1) is 40.9 Å². The van der Waals surface area contributed by atoms with Gasteiger partial charge in [0.25, 0.3) is 0 Å². The van der Waals surface area contributed by atoms with Gasteiger partial charge in [-0.1, -0.05) is 6.08 Å².